The first-order chi connectivity index (χ1) is 16.2. The van der Waals surface area contributed by atoms with Gasteiger partial charge in [-0.3, -0.25) is 9.59 Å². The van der Waals surface area contributed by atoms with E-state index in [1.807, 2.05) is 24.3 Å². The third-order valence-electron chi connectivity index (χ3n) is 7.50. The van der Waals surface area contributed by atoms with E-state index >= 15 is 0 Å². The van der Waals surface area contributed by atoms with Crippen molar-refractivity contribution in [2.24, 2.45) is 5.73 Å². The third kappa shape index (κ3) is 5.45. The van der Waals surface area contributed by atoms with E-state index in [1.54, 1.807) is 25.3 Å². The highest BCUT2D eigenvalue weighted by molar-refractivity contribution is 6.30. The Morgan fingerprint density at radius 2 is 1.88 bits per heavy atom. The molecule has 2 aromatic rings. The molecular formula is C27H35ClN2O4. The molecule has 3 atom stereocenters. The number of nitrogens with two attached hydrogens (primary N) is 1. The number of benzene rings is 2. The minimum atomic E-state index is -0.822. The fourth-order valence-corrected chi connectivity index (χ4v) is 5.72. The second-order valence-corrected chi connectivity index (χ2v) is 9.58. The summed E-state index contributed by atoms with van der Waals surface area (Å²) in [7, 11) is 1.74. The van der Waals surface area contributed by atoms with E-state index in [9.17, 15) is 14.7 Å². The van der Waals surface area contributed by atoms with Crippen LogP contribution >= 0.6 is 11.6 Å². The number of methoxy groups -OCH3 is 1. The van der Waals surface area contributed by atoms with Gasteiger partial charge in [-0.1, -0.05) is 43.6 Å². The zero-order valence-corrected chi connectivity index (χ0v) is 20.9. The first-order valence-electron chi connectivity index (χ1n) is 11.9. The van der Waals surface area contributed by atoms with Crippen LogP contribution in [0.15, 0.2) is 42.5 Å². The van der Waals surface area contributed by atoms with Crippen LogP contribution in [0.25, 0.3) is 0 Å². The van der Waals surface area contributed by atoms with Crippen LogP contribution in [-0.2, 0) is 21.4 Å². The summed E-state index contributed by atoms with van der Waals surface area (Å²) in [4.78, 5) is 23.4. The number of hydrogen-bond donors (Lipinski definition) is 3. The molecule has 0 radical (unpaired) electrons. The van der Waals surface area contributed by atoms with Gasteiger partial charge in [-0.05, 0) is 72.7 Å². The average molecular weight is 487 g/mol. The summed E-state index contributed by atoms with van der Waals surface area (Å²) in [5, 5.41) is 13.8. The number of hydrogen-bond acceptors (Lipinski definition) is 4. The number of fused-ring (bicyclic) bond motifs is 1. The van der Waals surface area contributed by atoms with Crippen molar-refractivity contribution in [2.75, 3.05) is 13.7 Å². The number of halogens is 1. The molecular weight excluding hydrogens is 452 g/mol. The summed E-state index contributed by atoms with van der Waals surface area (Å²) in [5.41, 5.74) is 9.18. The van der Waals surface area contributed by atoms with Crippen molar-refractivity contribution in [3.63, 3.8) is 0 Å². The topological polar surface area (TPSA) is 102 Å². The van der Waals surface area contributed by atoms with Crippen molar-refractivity contribution in [3.8, 4) is 0 Å². The highest BCUT2D eigenvalue weighted by Crippen LogP contribution is 2.44. The number of carbonyl (C=O) groups excluding carboxylic acids is 1. The average Bonchev–Trinajstić information content (AvgIpc) is 2.82. The number of rotatable bonds is 11. The van der Waals surface area contributed by atoms with Gasteiger partial charge in [0.05, 0.1) is 12.5 Å². The molecule has 0 bridgehead atoms. The molecule has 34 heavy (non-hydrogen) atoms. The molecule has 1 aliphatic carbocycles. The lowest BCUT2D eigenvalue weighted by atomic mass is 9.62. The third-order valence-corrected chi connectivity index (χ3v) is 7.76. The zero-order valence-electron chi connectivity index (χ0n) is 20.1. The van der Waals surface area contributed by atoms with Crippen LogP contribution in [0.4, 0.5) is 0 Å². The van der Waals surface area contributed by atoms with Gasteiger partial charge < -0.3 is 20.9 Å². The molecule has 6 nitrogen and oxygen atoms in total. The predicted molar refractivity (Wildman–Crippen MR) is 135 cm³/mol. The molecule has 0 fully saturated rings. The number of carboxylic acids is 1. The van der Waals surface area contributed by atoms with Crippen LogP contribution in [0.5, 0.6) is 0 Å². The summed E-state index contributed by atoms with van der Waals surface area (Å²) in [5.74, 6) is -1.38. The molecule has 1 amide bonds. The van der Waals surface area contributed by atoms with Gasteiger partial charge >= 0.3 is 5.97 Å². The number of amides is 1. The van der Waals surface area contributed by atoms with E-state index in [1.165, 1.54) is 5.56 Å². The van der Waals surface area contributed by atoms with Gasteiger partial charge in [-0.15, -0.1) is 0 Å². The standard InChI is InChI=1S/C27H35ClN2O4/c1-4-27(5-2)22-14-20(26(29)33)7-6-19(22)15-23(34-3)25(27)30-13-12-18(16-24(31)32)17-8-10-21(28)11-9-17/h6-11,14,18,23,25,30H,4-5,12-13,15-16H2,1-3H3,(H2,29,33)(H,31,32)/t18?,23-,25-/m1/s1. The molecule has 184 valence electrons. The monoisotopic (exact) mass is 486 g/mol. The zero-order chi connectivity index (χ0) is 24.9. The van der Waals surface area contributed by atoms with Crippen LogP contribution in [0.3, 0.4) is 0 Å². The Labute approximate surface area is 206 Å². The largest absolute Gasteiger partial charge is 0.481 e. The van der Waals surface area contributed by atoms with Gasteiger partial charge in [0, 0.05) is 35.6 Å². The Hall–Kier alpha value is -2.41. The summed E-state index contributed by atoms with van der Waals surface area (Å²) in [6, 6.07) is 13.2. The number of nitrogens with one attached hydrogen (secondary N) is 1. The van der Waals surface area contributed by atoms with Gasteiger partial charge in [0.1, 0.15) is 0 Å². The van der Waals surface area contributed by atoms with Crippen LogP contribution in [0.1, 0.15) is 72.5 Å². The lowest BCUT2D eigenvalue weighted by molar-refractivity contribution is -0.137. The molecule has 0 aliphatic heterocycles. The van der Waals surface area contributed by atoms with Crippen molar-refractivity contribution in [2.45, 2.75) is 69.4 Å². The molecule has 7 heteroatoms. The summed E-state index contributed by atoms with van der Waals surface area (Å²) in [6.07, 6.45) is 3.15. The molecule has 0 aromatic heterocycles. The minimum Gasteiger partial charge on any atom is -0.481 e. The van der Waals surface area contributed by atoms with E-state index in [-0.39, 0.29) is 29.9 Å². The molecule has 0 saturated heterocycles. The van der Waals surface area contributed by atoms with Gasteiger partial charge in [0.2, 0.25) is 5.91 Å². The Kier molecular flexibility index (Phi) is 8.74. The maximum Gasteiger partial charge on any atom is 0.303 e. The number of carboxylic acid groups (broad SMARTS) is 1. The first kappa shape index (κ1) is 26.2. The highest BCUT2D eigenvalue weighted by atomic mass is 35.5. The first-order valence-corrected chi connectivity index (χ1v) is 12.3. The van der Waals surface area contributed by atoms with E-state index < -0.39 is 11.9 Å². The molecule has 1 aliphatic rings. The predicted octanol–water partition coefficient (Wildman–Crippen LogP) is 4.67. The van der Waals surface area contributed by atoms with E-state index in [4.69, 9.17) is 22.1 Å². The fraction of sp³-hybridized carbons (Fsp3) is 0.481. The molecule has 1 unspecified atom stereocenters. The quantitative estimate of drug-likeness (QED) is 0.428. The van der Waals surface area contributed by atoms with Crippen molar-refractivity contribution < 1.29 is 19.4 Å². The van der Waals surface area contributed by atoms with Crippen LogP contribution in [0.2, 0.25) is 5.02 Å². The Morgan fingerprint density at radius 3 is 2.44 bits per heavy atom. The smallest absolute Gasteiger partial charge is 0.303 e. The van der Waals surface area contributed by atoms with Gasteiger partial charge in [0.15, 0.2) is 0 Å². The maximum atomic E-state index is 11.9. The normalized spacial score (nSPS) is 19.9. The highest BCUT2D eigenvalue weighted by Gasteiger charge is 2.46. The van der Waals surface area contributed by atoms with Crippen LogP contribution < -0.4 is 11.1 Å². The van der Waals surface area contributed by atoms with Gasteiger partial charge in [-0.2, -0.15) is 0 Å². The van der Waals surface area contributed by atoms with E-state index in [0.717, 1.165) is 30.4 Å². The Balaban J connectivity index is 1.87. The number of primary amides is 1. The van der Waals surface area contributed by atoms with Gasteiger partial charge in [-0.25, -0.2) is 0 Å². The molecule has 4 N–H and O–H groups in total. The van der Waals surface area contributed by atoms with Crippen LogP contribution in [0, 0.1) is 0 Å². The SMILES string of the molecule is CCC1(CC)c2cc(C(N)=O)ccc2C[C@@H](OC)[C@H]1NCCC(CC(=O)O)c1ccc(Cl)cc1. The molecule has 0 heterocycles. The molecule has 0 spiro atoms. The second-order valence-electron chi connectivity index (χ2n) is 9.14. The van der Waals surface area contributed by atoms with Crippen LogP contribution in [-0.4, -0.2) is 42.8 Å². The molecule has 2 aromatic carbocycles. The number of carbonyl (C=O) groups is 2. The molecule has 0 saturated carbocycles. The maximum absolute atomic E-state index is 11.9. The lowest BCUT2D eigenvalue weighted by Gasteiger charge is -2.49. The lowest BCUT2D eigenvalue weighted by Crippen LogP contribution is -2.59. The molecule has 3 rings (SSSR count). The number of ether oxygens (including phenoxy) is 1. The van der Waals surface area contributed by atoms with E-state index in [2.05, 4.69) is 19.2 Å². The Morgan fingerprint density at radius 1 is 1.21 bits per heavy atom. The second kappa shape index (κ2) is 11.3. The van der Waals surface area contributed by atoms with Gasteiger partial charge in [0.25, 0.3) is 0 Å². The van der Waals surface area contributed by atoms with Crippen molar-refractivity contribution in [1.29, 1.82) is 0 Å². The summed E-state index contributed by atoms with van der Waals surface area (Å²) >= 11 is 6.02. The summed E-state index contributed by atoms with van der Waals surface area (Å²) < 4.78 is 5.95. The Bertz CT molecular complexity index is 1000. The number of aliphatic carboxylic acids is 1. The summed E-state index contributed by atoms with van der Waals surface area (Å²) in [6.45, 7) is 4.97. The van der Waals surface area contributed by atoms with E-state index in [0.29, 0.717) is 23.6 Å². The van der Waals surface area contributed by atoms with Crippen molar-refractivity contribution >= 4 is 23.5 Å². The van der Waals surface area contributed by atoms with Crippen molar-refractivity contribution in [3.05, 3.63) is 69.7 Å². The minimum absolute atomic E-state index is 0.0128. The van der Waals surface area contributed by atoms with Crippen molar-refractivity contribution in [1.82, 2.24) is 5.32 Å². The fourth-order valence-electron chi connectivity index (χ4n) is 5.59.